The molecule has 0 fully saturated rings. The van der Waals surface area contributed by atoms with Crippen molar-refractivity contribution >= 4 is 18.3 Å². The first-order valence-corrected chi connectivity index (χ1v) is 7.15. The Kier molecular flexibility index (Phi) is 5.89. The van der Waals surface area contributed by atoms with Gasteiger partial charge in [-0.2, -0.15) is 0 Å². The number of rotatable bonds is 4. The first-order chi connectivity index (χ1) is 10.8. The molecule has 1 N–H and O–H groups in total. The first-order valence-electron chi connectivity index (χ1n) is 7.15. The van der Waals surface area contributed by atoms with Crippen molar-refractivity contribution in [3.63, 3.8) is 0 Å². The summed E-state index contributed by atoms with van der Waals surface area (Å²) in [4.78, 5) is 16.2. The van der Waals surface area contributed by atoms with Crippen molar-refractivity contribution in [2.45, 2.75) is 6.54 Å². The second-order valence-corrected chi connectivity index (χ2v) is 4.98. The summed E-state index contributed by atoms with van der Waals surface area (Å²) < 4.78 is 0. The smallest absolute Gasteiger partial charge is 0.251 e. The van der Waals surface area contributed by atoms with Gasteiger partial charge in [0, 0.05) is 24.5 Å². The van der Waals surface area contributed by atoms with E-state index in [1.165, 1.54) is 0 Å². The molecule has 1 aromatic heterocycles. The number of carbonyl (C=O) groups excluding carboxylic acids is 1. The van der Waals surface area contributed by atoms with E-state index in [1.54, 1.807) is 12.4 Å². The molecule has 0 aliphatic carbocycles. The van der Waals surface area contributed by atoms with Crippen LogP contribution in [0.1, 0.15) is 15.9 Å². The highest BCUT2D eigenvalue weighted by atomic mass is 35.5. The number of hydrogen-bond acceptors (Lipinski definition) is 2. The Morgan fingerprint density at radius 3 is 2.30 bits per heavy atom. The maximum atomic E-state index is 12.3. The summed E-state index contributed by atoms with van der Waals surface area (Å²) in [6.45, 7) is 0.497. The van der Waals surface area contributed by atoms with Crippen molar-refractivity contribution in [3.8, 4) is 11.1 Å². The molecule has 0 spiro atoms. The van der Waals surface area contributed by atoms with Crippen LogP contribution in [0.4, 0.5) is 0 Å². The number of hydrogen-bond donors (Lipinski definition) is 1. The standard InChI is InChI=1S/C19H16N2O.ClH/c22-19(21-14-15-9-11-20-12-10-15)18-8-4-7-17(13-18)16-5-2-1-3-6-16;/h1-13H,14H2,(H,21,22);1H. The molecule has 0 radical (unpaired) electrons. The molecule has 3 nitrogen and oxygen atoms in total. The van der Waals surface area contributed by atoms with Crippen LogP contribution in [0, 0.1) is 0 Å². The van der Waals surface area contributed by atoms with Gasteiger partial charge < -0.3 is 5.32 Å². The summed E-state index contributed by atoms with van der Waals surface area (Å²) >= 11 is 0. The minimum atomic E-state index is -0.0745. The van der Waals surface area contributed by atoms with Gasteiger partial charge in [0.2, 0.25) is 0 Å². The minimum Gasteiger partial charge on any atom is -0.348 e. The minimum absolute atomic E-state index is 0. The van der Waals surface area contributed by atoms with Crippen molar-refractivity contribution in [2.75, 3.05) is 0 Å². The SMILES string of the molecule is Cl.O=C(NCc1ccncc1)c1cccc(-c2ccccc2)c1. The van der Waals surface area contributed by atoms with Crippen molar-refractivity contribution in [2.24, 2.45) is 0 Å². The number of amides is 1. The monoisotopic (exact) mass is 324 g/mol. The second-order valence-electron chi connectivity index (χ2n) is 4.98. The van der Waals surface area contributed by atoms with Crippen LogP contribution in [-0.2, 0) is 6.54 Å². The molecule has 0 saturated heterocycles. The molecular formula is C19H17ClN2O. The lowest BCUT2D eigenvalue weighted by Gasteiger charge is -2.07. The van der Waals surface area contributed by atoms with E-state index in [0.717, 1.165) is 16.7 Å². The van der Waals surface area contributed by atoms with Crippen LogP contribution in [0.25, 0.3) is 11.1 Å². The van der Waals surface area contributed by atoms with E-state index in [9.17, 15) is 4.79 Å². The molecule has 0 aliphatic rings. The highest BCUT2D eigenvalue weighted by Gasteiger charge is 2.06. The van der Waals surface area contributed by atoms with E-state index in [0.29, 0.717) is 12.1 Å². The molecule has 116 valence electrons. The van der Waals surface area contributed by atoms with Gasteiger partial charge in [-0.1, -0.05) is 42.5 Å². The Bertz CT molecular complexity index is 761. The summed E-state index contributed by atoms with van der Waals surface area (Å²) in [5.41, 5.74) is 3.83. The van der Waals surface area contributed by atoms with Gasteiger partial charge in [-0.3, -0.25) is 9.78 Å². The number of benzene rings is 2. The Balaban J connectivity index is 0.00000192. The molecule has 23 heavy (non-hydrogen) atoms. The van der Waals surface area contributed by atoms with Gasteiger partial charge in [0.1, 0.15) is 0 Å². The average molecular weight is 325 g/mol. The van der Waals surface area contributed by atoms with Gasteiger partial charge in [-0.15, -0.1) is 12.4 Å². The molecule has 2 aromatic carbocycles. The van der Waals surface area contributed by atoms with E-state index in [1.807, 2.05) is 66.7 Å². The normalized spacial score (nSPS) is 9.74. The van der Waals surface area contributed by atoms with Gasteiger partial charge in [0.25, 0.3) is 5.91 Å². The van der Waals surface area contributed by atoms with Crippen LogP contribution in [0.15, 0.2) is 79.1 Å². The third kappa shape index (κ3) is 4.41. The van der Waals surface area contributed by atoms with Crippen LogP contribution in [0.2, 0.25) is 0 Å². The Labute approximate surface area is 141 Å². The molecule has 3 rings (SSSR count). The molecule has 0 bridgehead atoms. The predicted molar refractivity (Wildman–Crippen MR) is 94.5 cm³/mol. The first kappa shape index (κ1) is 16.7. The Morgan fingerprint density at radius 2 is 1.57 bits per heavy atom. The molecule has 1 amide bonds. The second kappa shape index (κ2) is 8.11. The lowest BCUT2D eigenvalue weighted by molar-refractivity contribution is 0.0951. The summed E-state index contributed by atoms with van der Waals surface area (Å²) in [6.07, 6.45) is 3.44. The van der Waals surface area contributed by atoms with E-state index < -0.39 is 0 Å². The zero-order valence-corrected chi connectivity index (χ0v) is 13.3. The van der Waals surface area contributed by atoms with Crippen LogP contribution in [0.3, 0.4) is 0 Å². The molecule has 3 aromatic rings. The highest BCUT2D eigenvalue weighted by molar-refractivity contribution is 5.95. The molecule has 0 saturated carbocycles. The van der Waals surface area contributed by atoms with Crippen LogP contribution in [0.5, 0.6) is 0 Å². The quantitative estimate of drug-likeness (QED) is 0.785. The van der Waals surface area contributed by atoms with Gasteiger partial charge in [0.05, 0.1) is 0 Å². The lowest BCUT2D eigenvalue weighted by Crippen LogP contribution is -2.22. The fourth-order valence-electron chi connectivity index (χ4n) is 2.26. The van der Waals surface area contributed by atoms with Crippen LogP contribution < -0.4 is 5.32 Å². The highest BCUT2D eigenvalue weighted by Crippen LogP contribution is 2.19. The van der Waals surface area contributed by atoms with Crippen molar-refractivity contribution in [3.05, 3.63) is 90.3 Å². The zero-order valence-electron chi connectivity index (χ0n) is 12.5. The summed E-state index contributed by atoms with van der Waals surface area (Å²) in [6, 6.07) is 21.5. The fourth-order valence-corrected chi connectivity index (χ4v) is 2.26. The predicted octanol–water partition coefficient (Wildman–Crippen LogP) is 4.10. The summed E-state index contributed by atoms with van der Waals surface area (Å²) in [5, 5.41) is 2.93. The van der Waals surface area contributed by atoms with Crippen LogP contribution in [-0.4, -0.2) is 10.9 Å². The van der Waals surface area contributed by atoms with Crippen LogP contribution >= 0.6 is 12.4 Å². The third-order valence-electron chi connectivity index (χ3n) is 3.43. The lowest BCUT2D eigenvalue weighted by atomic mass is 10.0. The number of halogens is 1. The largest absolute Gasteiger partial charge is 0.348 e. The number of nitrogens with zero attached hydrogens (tertiary/aromatic N) is 1. The van der Waals surface area contributed by atoms with Crippen molar-refractivity contribution in [1.82, 2.24) is 10.3 Å². The number of aromatic nitrogens is 1. The summed E-state index contributed by atoms with van der Waals surface area (Å²) in [7, 11) is 0. The fraction of sp³-hybridized carbons (Fsp3) is 0.0526. The maximum absolute atomic E-state index is 12.3. The number of carbonyl (C=O) groups is 1. The Morgan fingerprint density at radius 1 is 0.870 bits per heavy atom. The van der Waals surface area contributed by atoms with Gasteiger partial charge in [-0.05, 0) is 41.0 Å². The van der Waals surface area contributed by atoms with E-state index in [4.69, 9.17) is 0 Å². The van der Waals surface area contributed by atoms with E-state index >= 15 is 0 Å². The average Bonchev–Trinajstić information content (AvgIpc) is 2.61. The maximum Gasteiger partial charge on any atom is 0.251 e. The van der Waals surface area contributed by atoms with Gasteiger partial charge >= 0.3 is 0 Å². The van der Waals surface area contributed by atoms with Crippen molar-refractivity contribution in [1.29, 1.82) is 0 Å². The summed E-state index contributed by atoms with van der Waals surface area (Å²) in [5.74, 6) is -0.0745. The number of nitrogens with one attached hydrogen (secondary N) is 1. The van der Waals surface area contributed by atoms with Crippen molar-refractivity contribution < 1.29 is 4.79 Å². The molecule has 1 heterocycles. The van der Waals surface area contributed by atoms with E-state index in [2.05, 4.69) is 10.3 Å². The third-order valence-corrected chi connectivity index (χ3v) is 3.43. The molecular weight excluding hydrogens is 308 g/mol. The molecule has 0 aliphatic heterocycles. The Hall–Kier alpha value is -2.65. The molecule has 0 atom stereocenters. The van der Waals surface area contributed by atoms with E-state index in [-0.39, 0.29) is 18.3 Å². The van der Waals surface area contributed by atoms with Gasteiger partial charge in [0.15, 0.2) is 0 Å². The van der Waals surface area contributed by atoms with Gasteiger partial charge in [-0.25, -0.2) is 0 Å². The molecule has 0 unspecified atom stereocenters. The topological polar surface area (TPSA) is 42.0 Å². The molecule has 4 heteroatoms. The number of pyridine rings is 1. The zero-order chi connectivity index (χ0) is 15.2.